The molecule has 12 heteroatoms. The highest BCUT2D eigenvalue weighted by molar-refractivity contribution is 6.04. The van der Waals surface area contributed by atoms with Crippen molar-refractivity contribution in [1.29, 1.82) is 0 Å². The van der Waals surface area contributed by atoms with Crippen molar-refractivity contribution < 1.29 is 51.5 Å². The first-order valence-corrected chi connectivity index (χ1v) is 11.2. The second-order valence-electron chi connectivity index (χ2n) is 8.82. The molecule has 1 atom stereocenters. The Morgan fingerprint density at radius 2 is 1.26 bits per heavy atom. The smallest absolute Gasteiger partial charge is 0.261 e. The van der Waals surface area contributed by atoms with Crippen LogP contribution in [0.5, 0.6) is 23.0 Å². The van der Waals surface area contributed by atoms with Crippen molar-refractivity contribution in [3.05, 3.63) is 112 Å². The molecule has 4 N–H and O–H groups in total. The molecule has 1 amide bonds. The molecule has 0 radical (unpaired) electrons. The van der Waals surface area contributed by atoms with E-state index in [2.05, 4.69) is 5.32 Å². The summed E-state index contributed by atoms with van der Waals surface area (Å²) in [5, 5.41) is 32.9. The zero-order valence-electron chi connectivity index (χ0n) is 19.2. The Kier molecular flexibility index (Phi) is 5.32. The Labute approximate surface area is 215 Å². The average molecular weight is 543 g/mol. The lowest BCUT2D eigenvalue weighted by Crippen LogP contribution is -2.32. The van der Waals surface area contributed by atoms with Crippen LogP contribution < -0.4 is 10.1 Å². The van der Waals surface area contributed by atoms with Gasteiger partial charge in [0.25, 0.3) is 5.91 Å². The molecule has 1 unspecified atom stereocenters. The highest BCUT2D eigenvalue weighted by Crippen LogP contribution is 2.59. The minimum absolute atomic E-state index is 0.102. The molecule has 0 bridgehead atoms. The van der Waals surface area contributed by atoms with Crippen molar-refractivity contribution in [3.8, 4) is 23.0 Å². The molecule has 0 aliphatic carbocycles. The van der Waals surface area contributed by atoms with Crippen LogP contribution in [0.1, 0.15) is 38.9 Å². The maximum atomic E-state index is 14.1. The molecule has 4 aromatic rings. The number of carbonyl (C=O) groups excluding carboxylic acids is 1. The van der Waals surface area contributed by atoms with E-state index in [1.165, 1.54) is 54.6 Å². The maximum absolute atomic E-state index is 14.1. The third-order valence-electron chi connectivity index (χ3n) is 6.59. The minimum atomic E-state index is -2.40. The van der Waals surface area contributed by atoms with Crippen LogP contribution in [0, 0.1) is 29.1 Å². The van der Waals surface area contributed by atoms with Crippen LogP contribution in [0.3, 0.4) is 0 Å². The summed E-state index contributed by atoms with van der Waals surface area (Å²) in [6.07, 6.45) is -1.62. The molecule has 0 aromatic heterocycles. The van der Waals surface area contributed by atoms with Crippen LogP contribution in [0.2, 0.25) is 0 Å². The molecule has 2 aliphatic rings. The number of nitrogens with one attached hydrogen (secondary N) is 1. The number of fused-ring (bicyclic) bond motifs is 6. The molecule has 0 saturated carbocycles. The topological polar surface area (TPSA) is 108 Å². The van der Waals surface area contributed by atoms with Crippen molar-refractivity contribution >= 4 is 11.6 Å². The first-order valence-electron chi connectivity index (χ1n) is 11.2. The predicted octanol–water partition coefficient (Wildman–Crippen LogP) is 5.46. The van der Waals surface area contributed by atoms with E-state index >= 15 is 0 Å². The monoisotopic (exact) mass is 543 g/mol. The number of anilines is 1. The van der Waals surface area contributed by atoms with Gasteiger partial charge in [0.15, 0.2) is 35.2 Å². The maximum Gasteiger partial charge on any atom is 0.261 e. The molecule has 198 valence electrons. The van der Waals surface area contributed by atoms with Gasteiger partial charge in [0, 0.05) is 40.1 Å². The Balaban J connectivity index is 1.46. The van der Waals surface area contributed by atoms with E-state index in [1.54, 1.807) is 0 Å². The summed E-state index contributed by atoms with van der Waals surface area (Å²) in [4.78, 5) is 12.5. The van der Waals surface area contributed by atoms with E-state index < -0.39 is 52.4 Å². The summed E-state index contributed by atoms with van der Waals surface area (Å²) >= 11 is 0. The van der Waals surface area contributed by atoms with Crippen LogP contribution in [-0.4, -0.2) is 21.2 Å². The number of carbonyl (C=O) groups is 1. The van der Waals surface area contributed by atoms with Gasteiger partial charge in [-0.3, -0.25) is 4.79 Å². The lowest BCUT2D eigenvalue weighted by atomic mass is 9.77. The Morgan fingerprint density at radius 3 is 1.82 bits per heavy atom. The second kappa shape index (κ2) is 8.41. The van der Waals surface area contributed by atoms with Gasteiger partial charge in [-0.15, -0.1) is 0 Å². The van der Waals surface area contributed by atoms with E-state index in [9.17, 15) is 42.1 Å². The number of halogens is 5. The van der Waals surface area contributed by atoms with Crippen molar-refractivity contribution in [1.82, 2.24) is 0 Å². The zero-order valence-corrected chi connectivity index (χ0v) is 19.2. The van der Waals surface area contributed by atoms with Gasteiger partial charge in [0.2, 0.25) is 5.82 Å². The first kappa shape index (κ1) is 24.6. The van der Waals surface area contributed by atoms with Gasteiger partial charge < -0.3 is 30.1 Å². The largest absolute Gasteiger partial charge is 0.508 e. The van der Waals surface area contributed by atoms with Gasteiger partial charge in [-0.25, -0.2) is 22.0 Å². The Bertz CT molecular complexity index is 1650. The van der Waals surface area contributed by atoms with Crippen molar-refractivity contribution in [2.24, 2.45) is 0 Å². The fourth-order valence-corrected chi connectivity index (χ4v) is 4.91. The first-order chi connectivity index (χ1) is 18.5. The van der Waals surface area contributed by atoms with Crippen LogP contribution in [0.25, 0.3) is 0 Å². The van der Waals surface area contributed by atoms with Gasteiger partial charge in [-0.05, 0) is 36.4 Å². The molecule has 0 saturated heterocycles. The number of aliphatic hydroxyl groups excluding tert-OH is 1. The molecule has 4 aromatic carbocycles. The number of phenols is 2. The van der Waals surface area contributed by atoms with E-state index in [-0.39, 0.29) is 34.2 Å². The van der Waals surface area contributed by atoms with E-state index in [1.807, 2.05) is 0 Å². The average Bonchev–Trinajstić information content (AvgIpc) is 3.18. The number of phenolic OH excluding ortho intramolecular Hbond substituents is 2. The minimum Gasteiger partial charge on any atom is -0.508 e. The van der Waals surface area contributed by atoms with Crippen LogP contribution in [0.15, 0.2) is 54.6 Å². The fraction of sp³-hybridized carbons (Fsp3) is 0.0741. The molecule has 0 fully saturated rings. The lowest BCUT2D eigenvalue weighted by molar-refractivity contribution is -0.142. The van der Waals surface area contributed by atoms with Gasteiger partial charge >= 0.3 is 0 Å². The molecular weight excluding hydrogens is 529 g/mol. The van der Waals surface area contributed by atoms with Gasteiger partial charge in [0.05, 0.1) is 0 Å². The number of aromatic hydroxyl groups is 2. The summed E-state index contributed by atoms with van der Waals surface area (Å²) < 4.78 is 80.7. The number of aliphatic hydroxyl groups is 1. The molecule has 2 heterocycles. The standard InChI is InChI=1S/C27H14F5NO6/c28-20-19(21(29)23(31)24(32)22(20)30)25(36)33-10-1-4-14-13(7-10)26(37)39-27(14)15-5-2-11(34)8-17(15)38-18-9-12(35)3-6-16(18)27/h1-9,26,34-35,37H,(H,33,36). The number of hydrogen-bond acceptors (Lipinski definition) is 6. The molecule has 1 spiro atoms. The number of ether oxygens (including phenoxy) is 2. The van der Waals surface area contributed by atoms with Crippen molar-refractivity contribution in [3.63, 3.8) is 0 Å². The third kappa shape index (κ3) is 3.45. The second-order valence-corrected chi connectivity index (χ2v) is 8.82. The number of hydrogen-bond donors (Lipinski definition) is 4. The summed E-state index contributed by atoms with van der Waals surface area (Å²) in [7, 11) is 0. The summed E-state index contributed by atoms with van der Waals surface area (Å²) in [6.45, 7) is 0. The van der Waals surface area contributed by atoms with Crippen LogP contribution in [0.4, 0.5) is 27.6 Å². The van der Waals surface area contributed by atoms with E-state index in [4.69, 9.17) is 9.47 Å². The SMILES string of the molecule is O=C(Nc1ccc2c(c1)C(O)OC21c2ccc(O)cc2Oc2cc(O)ccc21)c1c(F)c(F)c(F)c(F)c1F. The van der Waals surface area contributed by atoms with Gasteiger partial charge in [-0.1, -0.05) is 6.07 Å². The predicted molar refractivity (Wildman–Crippen MR) is 123 cm³/mol. The van der Waals surface area contributed by atoms with Gasteiger partial charge in [0.1, 0.15) is 28.6 Å². The Hall–Kier alpha value is -4.68. The van der Waals surface area contributed by atoms with E-state index in [0.29, 0.717) is 16.7 Å². The zero-order chi connectivity index (χ0) is 27.8. The molecule has 6 rings (SSSR count). The highest BCUT2D eigenvalue weighted by Gasteiger charge is 2.52. The van der Waals surface area contributed by atoms with Crippen LogP contribution in [-0.2, 0) is 10.3 Å². The normalized spacial score (nSPS) is 16.3. The van der Waals surface area contributed by atoms with Gasteiger partial charge in [-0.2, -0.15) is 0 Å². The summed E-state index contributed by atoms with van der Waals surface area (Å²) in [5.74, 6) is -13.1. The van der Waals surface area contributed by atoms with Crippen molar-refractivity contribution in [2.45, 2.75) is 11.9 Å². The number of benzene rings is 4. The molecule has 39 heavy (non-hydrogen) atoms. The van der Waals surface area contributed by atoms with Crippen LogP contribution >= 0.6 is 0 Å². The summed E-state index contributed by atoms with van der Waals surface area (Å²) in [6, 6.07) is 12.3. The Morgan fingerprint density at radius 1 is 0.744 bits per heavy atom. The van der Waals surface area contributed by atoms with Crippen molar-refractivity contribution in [2.75, 3.05) is 5.32 Å². The van der Waals surface area contributed by atoms with E-state index in [0.717, 1.165) is 0 Å². The molecule has 7 nitrogen and oxygen atoms in total. The quantitative estimate of drug-likeness (QED) is 0.152. The number of rotatable bonds is 2. The summed E-state index contributed by atoms with van der Waals surface area (Å²) in [5.41, 5.74) is -2.11. The molecular formula is C27H14F5NO6. The highest BCUT2D eigenvalue weighted by atomic mass is 19.2. The lowest BCUT2D eigenvalue weighted by Gasteiger charge is -2.37. The third-order valence-corrected chi connectivity index (χ3v) is 6.59. The molecule has 2 aliphatic heterocycles. The fourth-order valence-electron chi connectivity index (χ4n) is 4.91. The number of amides is 1.